The zero-order valence-corrected chi connectivity index (χ0v) is 14.0. The third-order valence-electron chi connectivity index (χ3n) is 3.19. The first kappa shape index (κ1) is 19.4. The average molecular weight is 388 g/mol. The molecule has 7 nitrogen and oxygen atoms in total. The molecule has 10 heteroatoms. The molecule has 0 heterocycles. The Balaban J connectivity index is 2.10. The summed E-state index contributed by atoms with van der Waals surface area (Å²) in [5.74, 6) is -0.927. The van der Waals surface area contributed by atoms with Crippen molar-refractivity contribution in [3.8, 4) is 11.5 Å². The molecule has 0 atom stereocenters. The largest absolute Gasteiger partial charge is 0.493 e. The van der Waals surface area contributed by atoms with Gasteiger partial charge in [-0.1, -0.05) is 17.7 Å². The second-order valence-corrected chi connectivity index (χ2v) is 5.27. The summed E-state index contributed by atoms with van der Waals surface area (Å²) >= 11 is 5.68. The van der Waals surface area contributed by atoms with Crippen LogP contribution in [0.3, 0.4) is 0 Å². The number of carbonyl (C=O) groups excluding carboxylic acids is 1. The second kappa shape index (κ2) is 8.43. The van der Waals surface area contributed by atoms with E-state index in [-0.39, 0.29) is 28.7 Å². The molecule has 0 N–H and O–H groups in total. The number of ether oxygens (including phenoxy) is 3. The van der Waals surface area contributed by atoms with Crippen molar-refractivity contribution in [2.45, 2.75) is 13.2 Å². The number of hydrogen-bond acceptors (Lipinski definition) is 6. The first-order chi connectivity index (χ1) is 12.3. The molecule has 26 heavy (non-hydrogen) atoms. The Morgan fingerprint density at radius 1 is 1.23 bits per heavy atom. The van der Waals surface area contributed by atoms with Crippen LogP contribution in [0.15, 0.2) is 36.4 Å². The molecular weight excluding hydrogens is 376 g/mol. The number of nitrogens with zero attached hydrogens (tertiary/aromatic N) is 1. The van der Waals surface area contributed by atoms with Gasteiger partial charge in [0.05, 0.1) is 17.6 Å². The Hall–Kier alpha value is -2.94. The fourth-order valence-electron chi connectivity index (χ4n) is 2.01. The summed E-state index contributed by atoms with van der Waals surface area (Å²) in [5.41, 5.74) is -0.0257. The number of nitro benzene ring substituents is 1. The van der Waals surface area contributed by atoms with Crippen LogP contribution in [0.4, 0.5) is 14.5 Å². The van der Waals surface area contributed by atoms with E-state index in [1.807, 2.05) is 0 Å². The summed E-state index contributed by atoms with van der Waals surface area (Å²) in [5, 5.41) is 10.7. The molecule has 0 saturated carbocycles. The van der Waals surface area contributed by atoms with Crippen molar-refractivity contribution in [2.75, 3.05) is 7.11 Å². The highest BCUT2D eigenvalue weighted by molar-refractivity contribution is 6.32. The number of halogens is 3. The maximum absolute atomic E-state index is 12.3. The summed E-state index contributed by atoms with van der Waals surface area (Å²) in [4.78, 5) is 22.2. The fourth-order valence-corrected chi connectivity index (χ4v) is 2.19. The van der Waals surface area contributed by atoms with Crippen LogP contribution in [0.25, 0.3) is 0 Å². The minimum atomic E-state index is -3.01. The monoisotopic (exact) mass is 387 g/mol. The van der Waals surface area contributed by atoms with Crippen LogP contribution in [-0.2, 0) is 11.3 Å². The smallest absolute Gasteiger partial charge is 0.387 e. The highest BCUT2D eigenvalue weighted by Crippen LogP contribution is 2.30. The van der Waals surface area contributed by atoms with Crippen molar-refractivity contribution >= 4 is 23.3 Å². The Morgan fingerprint density at radius 2 is 1.96 bits per heavy atom. The standard InChI is InChI=1S/C16H12ClF2NO6/c1-24-14-6-9(2-5-13(14)26-16(18)19)8-25-15(21)10-3-4-11(17)12(7-10)20(22)23/h2-7,16H,8H2,1H3. The SMILES string of the molecule is COc1cc(COC(=O)c2ccc(Cl)c([N+](=O)[O-])c2)ccc1OC(F)F. The number of nitro groups is 1. The van der Waals surface area contributed by atoms with Gasteiger partial charge in [0.1, 0.15) is 11.6 Å². The highest BCUT2D eigenvalue weighted by atomic mass is 35.5. The van der Waals surface area contributed by atoms with Crippen LogP contribution >= 0.6 is 11.6 Å². The van der Waals surface area contributed by atoms with Gasteiger partial charge < -0.3 is 14.2 Å². The number of benzene rings is 2. The van der Waals surface area contributed by atoms with Crippen molar-refractivity contribution in [1.82, 2.24) is 0 Å². The molecule has 0 radical (unpaired) electrons. The summed E-state index contributed by atoms with van der Waals surface area (Å²) in [7, 11) is 1.27. The van der Waals surface area contributed by atoms with Crippen molar-refractivity contribution in [3.63, 3.8) is 0 Å². The predicted molar refractivity (Wildman–Crippen MR) is 86.9 cm³/mol. The molecular formula is C16H12ClF2NO6. The maximum Gasteiger partial charge on any atom is 0.387 e. The van der Waals surface area contributed by atoms with Gasteiger partial charge in [0.15, 0.2) is 11.5 Å². The van der Waals surface area contributed by atoms with Crippen LogP contribution in [0, 0.1) is 10.1 Å². The normalized spacial score (nSPS) is 10.5. The van der Waals surface area contributed by atoms with Gasteiger partial charge >= 0.3 is 12.6 Å². The summed E-state index contributed by atoms with van der Waals surface area (Å²) in [6.07, 6.45) is 0. The molecule has 0 saturated heterocycles. The van der Waals surface area contributed by atoms with E-state index in [0.717, 1.165) is 6.07 Å². The third-order valence-corrected chi connectivity index (χ3v) is 3.51. The lowest BCUT2D eigenvalue weighted by molar-refractivity contribution is -0.384. The third kappa shape index (κ3) is 4.79. The van der Waals surface area contributed by atoms with E-state index >= 15 is 0 Å². The van der Waals surface area contributed by atoms with E-state index in [2.05, 4.69) is 4.74 Å². The van der Waals surface area contributed by atoms with E-state index in [4.69, 9.17) is 21.1 Å². The highest BCUT2D eigenvalue weighted by Gasteiger charge is 2.17. The second-order valence-electron chi connectivity index (χ2n) is 4.86. The molecule has 0 spiro atoms. The molecule has 0 unspecified atom stereocenters. The molecule has 0 aromatic heterocycles. The first-order valence-corrected chi connectivity index (χ1v) is 7.42. The molecule has 0 aliphatic rings. The Kier molecular flexibility index (Phi) is 6.29. The number of hydrogen-bond donors (Lipinski definition) is 0. The number of methoxy groups -OCH3 is 1. The quantitative estimate of drug-likeness (QED) is 0.401. The number of rotatable bonds is 7. The van der Waals surface area contributed by atoms with E-state index < -0.39 is 23.2 Å². The number of carbonyl (C=O) groups is 1. The molecule has 2 rings (SSSR count). The minimum Gasteiger partial charge on any atom is -0.493 e. The Morgan fingerprint density at radius 3 is 2.58 bits per heavy atom. The molecule has 0 aliphatic carbocycles. The summed E-state index contributed by atoms with van der Waals surface area (Å²) in [6.45, 7) is -3.21. The van der Waals surface area contributed by atoms with Crippen LogP contribution in [0.5, 0.6) is 11.5 Å². The van der Waals surface area contributed by atoms with Gasteiger partial charge in [-0.15, -0.1) is 0 Å². The van der Waals surface area contributed by atoms with Gasteiger partial charge in [-0.3, -0.25) is 10.1 Å². The van der Waals surface area contributed by atoms with Crippen molar-refractivity contribution in [1.29, 1.82) is 0 Å². The van der Waals surface area contributed by atoms with Crippen molar-refractivity contribution in [2.24, 2.45) is 0 Å². The first-order valence-electron chi connectivity index (χ1n) is 7.04. The van der Waals surface area contributed by atoms with E-state index in [9.17, 15) is 23.7 Å². The van der Waals surface area contributed by atoms with E-state index in [1.165, 1.54) is 37.4 Å². The molecule has 0 bridgehead atoms. The van der Waals surface area contributed by atoms with Crippen LogP contribution in [0.2, 0.25) is 5.02 Å². The lowest BCUT2D eigenvalue weighted by Gasteiger charge is -2.11. The predicted octanol–water partition coefficient (Wildman–Crippen LogP) is 4.22. The van der Waals surface area contributed by atoms with Crippen molar-refractivity contribution < 1.29 is 32.7 Å². The van der Waals surface area contributed by atoms with E-state index in [1.54, 1.807) is 0 Å². The lowest BCUT2D eigenvalue weighted by atomic mass is 10.2. The van der Waals surface area contributed by atoms with Crippen LogP contribution in [-0.4, -0.2) is 24.6 Å². The van der Waals surface area contributed by atoms with Gasteiger partial charge in [0.25, 0.3) is 5.69 Å². The zero-order chi connectivity index (χ0) is 19.3. The Labute approximate surface area is 151 Å². The van der Waals surface area contributed by atoms with Gasteiger partial charge in [-0.2, -0.15) is 8.78 Å². The molecule has 0 aliphatic heterocycles. The van der Waals surface area contributed by atoms with Crippen LogP contribution < -0.4 is 9.47 Å². The molecule has 138 valence electrons. The van der Waals surface area contributed by atoms with Gasteiger partial charge in [-0.25, -0.2) is 4.79 Å². The molecule has 0 fully saturated rings. The van der Waals surface area contributed by atoms with Crippen LogP contribution in [0.1, 0.15) is 15.9 Å². The average Bonchev–Trinajstić information content (AvgIpc) is 2.60. The van der Waals surface area contributed by atoms with Gasteiger partial charge in [-0.05, 0) is 29.8 Å². The molecule has 0 amide bonds. The van der Waals surface area contributed by atoms with Crippen molar-refractivity contribution in [3.05, 3.63) is 62.7 Å². The summed E-state index contributed by atoms with van der Waals surface area (Å²) < 4.78 is 38.9. The summed E-state index contributed by atoms with van der Waals surface area (Å²) in [6, 6.07) is 7.55. The van der Waals surface area contributed by atoms with Gasteiger partial charge in [0.2, 0.25) is 0 Å². The minimum absolute atomic E-state index is 0.0426. The van der Waals surface area contributed by atoms with Gasteiger partial charge in [0, 0.05) is 6.07 Å². The Bertz CT molecular complexity index is 830. The molecule has 2 aromatic carbocycles. The zero-order valence-electron chi connectivity index (χ0n) is 13.3. The molecule has 2 aromatic rings. The topological polar surface area (TPSA) is 87.9 Å². The fraction of sp³-hybridized carbons (Fsp3) is 0.188. The number of esters is 1. The number of alkyl halides is 2. The van der Waals surface area contributed by atoms with E-state index in [0.29, 0.717) is 5.56 Å². The lowest BCUT2D eigenvalue weighted by Crippen LogP contribution is -2.07. The maximum atomic E-state index is 12.3.